The molecule has 158 valence electrons. The van der Waals surface area contributed by atoms with Crippen LogP contribution < -0.4 is 15.5 Å². The van der Waals surface area contributed by atoms with Crippen LogP contribution >= 0.6 is 0 Å². The number of nitrogens with one attached hydrogen (secondary N) is 2. The normalized spacial score (nSPS) is 12.1. The van der Waals surface area contributed by atoms with Crippen LogP contribution in [0.5, 0.6) is 0 Å². The first kappa shape index (κ1) is 23.9. The Morgan fingerprint density at radius 1 is 0.893 bits per heavy atom. The van der Waals surface area contributed by atoms with Crippen LogP contribution in [-0.4, -0.2) is 77.5 Å². The van der Waals surface area contributed by atoms with Crippen molar-refractivity contribution in [2.24, 2.45) is 0 Å². The number of hydrogen-bond donors (Lipinski definition) is 2. The van der Waals surface area contributed by atoms with Gasteiger partial charge in [0.2, 0.25) is 0 Å². The van der Waals surface area contributed by atoms with Crippen molar-refractivity contribution in [3.05, 3.63) is 29.8 Å². The van der Waals surface area contributed by atoms with Crippen molar-refractivity contribution < 1.29 is 19.1 Å². The Morgan fingerprint density at radius 3 is 1.82 bits per heavy atom. The van der Waals surface area contributed by atoms with Gasteiger partial charge >= 0.3 is 11.8 Å². The van der Waals surface area contributed by atoms with Crippen molar-refractivity contribution in [1.29, 1.82) is 0 Å². The van der Waals surface area contributed by atoms with Crippen LogP contribution in [0.4, 0.5) is 5.69 Å². The standard InChI is InChI=1S/C20H34N4O4/c1-7-27-18(28-8-2)14-22-20(26)19(25)21-13-17(24(5)6)15-9-11-16(12-10-15)23(3)4/h9-12,17-18H,7-8,13-14H2,1-6H3,(H,21,25)(H,22,26)/t17-/m1/s1. The summed E-state index contributed by atoms with van der Waals surface area (Å²) in [6.07, 6.45) is -0.559. The van der Waals surface area contributed by atoms with Crippen molar-refractivity contribution in [3.8, 4) is 0 Å². The summed E-state index contributed by atoms with van der Waals surface area (Å²) in [4.78, 5) is 28.2. The van der Waals surface area contributed by atoms with E-state index in [0.29, 0.717) is 19.8 Å². The van der Waals surface area contributed by atoms with Crippen molar-refractivity contribution in [2.45, 2.75) is 26.2 Å². The third kappa shape index (κ3) is 7.84. The molecule has 1 atom stereocenters. The van der Waals surface area contributed by atoms with Gasteiger partial charge in [-0.25, -0.2) is 0 Å². The van der Waals surface area contributed by atoms with E-state index in [1.807, 2.05) is 76.1 Å². The Morgan fingerprint density at radius 2 is 1.39 bits per heavy atom. The molecular weight excluding hydrogens is 360 g/mol. The Bertz CT molecular complexity index is 599. The van der Waals surface area contributed by atoms with E-state index in [2.05, 4.69) is 10.6 Å². The van der Waals surface area contributed by atoms with Gasteiger partial charge in [0.1, 0.15) is 0 Å². The molecule has 0 saturated heterocycles. The maximum absolute atomic E-state index is 12.1. The molecule has 8 heteroatoms. The van der Waals surface area contributed by atoms with Crippen molar-refractivity contribution >= 4 is 17.5 Å². The summed E-state index contributed by atoms with van der Waals surface area (Å²) >= 11 is 0. The fourth-order valence-electron chi connectivity index (χ4n) is 2.66. The molecule has 0 fully saturated rings. The maximum atomic E-state index is 12.1. The largest absolute Gasteiger partial charge is 0.378 e. The first-order valence-electron chi connectivity index (χ1n) is 9.53. The molecule has 0 aromatic heterocycles. The number of ether oxygens (including phenoxy) is 2. The van der Waals surface area contributed by atoms with E-state index in [-0.39, 0.29) is 12.6 Å². The molecule has 2 N–H and O–H groups in total. The van der Waals surface area contributed by atoms with Crippen LogP contribution in [0.2, 0.25) is 0 Å². The van der Waals surface area contributed by atoms with Gasteiger partial charge in [0.05, 0.1) is 12.6 Å². The molecule has 1 aromatic carbocycles. The van der Waals surface area contributed by atoms with E-state index < -0.39 is 18.1 Å². The van der Waals surface area contributed by atoms with Crippen LogP contribution in [0.15, 0.2) is 24.3 Å². The molecule has 0 heterocycles. The molecule has 0 aliphatic carbocycles. The van der Waals surface area contributed by atoms with E-state index in [1.54, 1.807) is 0 Å². The van der Waals surface area contributed by atoms with Gasteiger partial charge in [-0.05, 0) is 45.6 Å². The molecule has 0 radical (unpaired) electrons. The number of anilines is 1. The number of rotatable bonds is 11. The molecule has 0 spiro atoms. The summed E-state index contributed by atoms with van der Waals surface area (Å²) in [5.41, 5.74) is 2.16. The van der Waals surface area contributed by atoms with Crippen LogP contribution in [-0.2, 0) is 19.1 Å². The number of likely N-dealkylation sites (N-methyl/N-ethyl adjacent to an activating group) is 1. The van der Waals surface area contributed by atoms with Crippen LogP contribution in [0.3, 0.4) is 0 Å². The quantitative estimate of drug-likeness (QED) is 0.430. The van der Waals surface area contributed by atoms with Gasteiger partial charge in [0, 0.05) is 39.5 Å². The highest BCUT2D eigenvalue weighted by atomic mass is 16.7. The lowest BCUT2D eigenvalue weighted by atomic mass is 10.1. The van der Waals surface area contributed by atoms with Crippen molar-refractivity contribution in [1.82, 2.24) is 15.5 Å². The van der Waals surface area contributed by atoms with Gasteiger partial charge in [-0.15, -0.1) is 0 Å². The van der Waals surface area contributed by atoms with Gasteiger partial charge in [0.15, 0.2) is 6.29 Å². The first-order chi connectivity index (χ1) is 13.3. The summed E-state index contributed by atoms with van der Waals surface area (Å²) in [6, 6.07) is 8.07. The third-order valence-corrected chi connectivity index (χ3v) is 4.21. The summed E-state index contributed by atoms with van der Waals surface area (Å²) < 4.78 is 10.7. The molecule has 0 bridgehead atoms. The lowest BCUT2D eigenvalue weighted by molar-refractivity contribution is -0.146. The monoisotopic (exact) mass is 394 g/mol. The lowest BCUT2D eigenvalue weighted by Crippen LogP contribution is -2.45. The van der Waals surface area contributed by atoms with E-state index >= 15 is 0 Å². The Hall–Kier alpha value is -2.16. The van der Waals surface area contributed by atoms with Gasteiger partial charge in [-0.3, -0.25) is 9.59 Å². The zero-order valence-corrected chi connectivity index (χ0v) is 17.8. The Labute approximate surface area is 168 Å². The van der Waals surface area contributed by atoms with E-state index in [9.17, 15) is 9.59 Å². The number of hydrogen-bond acceptors (Lipinski definition) is 6. The highest BCUT2D eigenvalue weighted by Crippen LogP contribution is 2.20. The molecule has 0 unspecified atom stereocenters. The number of benzene rings is 1. The Kier molecular flexibility index (Phi) is 10.5. The maximum Gasteiger partial charge on any atom is 0.309 e. The zero-order chi connectivity index (χ0) is 21.1. The minimum absolute atomic E-state index is 0.0486. The number of carbonyl (C=O) groups is 2. The number of nitrogens with zero attached hydrogens (tertiary/aromatic N) is 2. The molecule has 0 saturated carbocycles. The second kappa shape index (κ2) is 12.3. The number of carbonyl (C=O) groups excluding carboxylic acids is 2. The fourth-order valence-corrected chi connectivity index (χ4v) is 2.66. The first-order valence-corrected chi connectivity index (χ1v) is 9.53. The van der Waals surface area contributed by atoms with Crippen molar-refractivity contribution in [2.75, 3.05) is 59.4 Å². The Balaban J connectivity index is 2.60. The summed E-state index contributed by atoms with van der Waals surface area (Å²) in [6.45, 7) is 5.05. The fraction of sp³-hybridized carbons (Fsp3) is 0.600. The van der Waals surface area contributed by atoms with E-state index in [1.165, 1.54) is 0 Å². The molecule has 2 amide bonds. The van der Waals surface area contributed by atoms with E-state index in [4.69, 9.17) is 9.47 Å². The molecule has 28 heavy (non-hydrogen) atoms. The molecular formula is C20H34N4O4. The SMILES string of the molecule is CCOC(CNC(=O)C(=O)NC[C@H](c1ccc(N(C)C)cc1)N(C)C)OCC. The van der Waals surface area contributed by atoms with Gasteiger partial charge < -0.3 is 29.9 Å². The average Bonchev–Trinajstić information content (AvgIpc) is 2.66. The molecule has 0 aliphatic heterocycles. The van der Waals surface area contributed by atoms with Crippen LogP contribution in [0.1, 0.15) is 25.5 Å². The van der Waals surface area contributed by atoms with E-state index in [0.717, 1.165) is 11.3 Å². The molecule has 1 aromatic rings. The minimum Gasteiger partial charge on any atom is -0.378 e. The third-order valence-electron chi connectivity index (χ3n) is 4.21. The predicted octanol–water partition coefficient (Wildman–Crippen LogP) is 0.987. The zero-order valence-electron chi connectivity index (χ0n) is 17.8. The van der Waals surface area contributed by atoms with Crippen LogP contribution in [0.25, 0.3) is 0 Å². The smallest absolute Gasteiger partial charge is 0.309 e. The minimum atomic E-state index is -0.704. The summed E-state index contributed by atoms with van der Waals surface area (Å²) in [7, 11) is 7.84. The average molecular weight is 395 g/mol. The van der Waals surface area contributed by atoms with Gasteiger partial charge in [0.25, 0.3) is 0 Å². The molecule has 0 aliphatic rings. The summed E-state index contributed by atoms with van der Waals surface area (Å²) in [5.74, 6) is -1.38. The molecule has 1 rings (SSSR count). The van der Waals surface area contributed by atoms with Crippen LogP contribution in [0, 0.1) is 0 Å². The second-order valence-electron chi connectivity index (χ2n) is 6.73. The predicted molar refractivity (Wildman–Crippen MR) is 110 cm³/mol. The highest BCUT2D eigenvalue weighted by molar-refractivity contribution is 6.35. The highest BCUT2D eigenvalue weighted by Gasteiger charge is 2.20. The summed E-state index contributed by atoms with van der Waals surface area (Å²) in [5, 5.41) is 5.25. The molecule has 8 nitrogen and oxygen atoms in total. The second-order valence-corrected chi connectivity index (χ2v) is 6.73. The van der Waals surface area contributed by atoms with Gasteiger partial charge in [-0.2, -0.15) is 0 Å². The van der Waals surface area contributed by atoms with Crippen molar-refractivity contribution in [3.63, 3.8) is 0 Å². The number of amides is 2. The lowest BCUT2D eigenvalue weighted by Gasteiger charge is -2.25. The van der Waals surface area contributed by atoms with Gasteiger partial charge in [-0.1, -0.05) is 12.1 Å². The topological polar surface area (TPSA) is 83.1 Å².